The van der Waals surface area contributed by atoms with E-state index in [0.29, 0.717) is 42.8 Å². The second kappa shape index (κ2) is 14.5. The van der Waals surface area contributed by atoms with E-state index in [2.05, 4.69) is 29.2 Å². The molecule has 41 heavy (non-hydrogen) atoms. The fourth-order valence-corrected chi connectivity index (χ4v) is 4.79. The standard InChI is InChI=1S/C34H34N2O5/c1-25(37)40-41-31-16-8-10-26(24-31)11-9-22-36(34(39)30-19-17-29(18-20-30)33(35)38)23-21-32(27-12-4-2-5-13-27)28-14-6-3-7-15-28/h2-8,10,12-20,24,32H,9,11,21-23H2,1H3,(H2,35,38). The van der Waals surface area contributed by atoms with E-state index < -0.39 is 11.9 Å². The summed E-state index contributed by atoms with van der Waals surface area (Å²) in [6.45, 7) is 2.35. The molecule has 4 aromatic rings. The van der Waals surface area contributed by atoms with Crippen molar-refractivity contribution in [3.63, 3.8) is 0 Å². The highest BCUT2D eigenvalue weighted by Crippen LogP contribution is 2.28. The Bertz CT molecular complexity index is 1400. The summed E-state index contributed by atoms with van der Waals surface area (Å²) in [5, 5.41) is 0. The van der Waals surface area contributed by atoms with Crippen LogP contribution in [0.15, 0.2) is 109 Å². The van der Waals surface area contributed by atoms with Crippen molar-refractivity contribution in [2.45, 2.75) is 32.1 Å². The molecule has 0 aliphatic carbocycles. The molecule has 0 saturated heterocycles. The number of benzene rings is 4. The summed E-state index contributed by atoms with van der Waals surface area (Å²) in [5.74, 6) is -0.603. The Morgan fingerprint density at radius 2 is 1.37 bits per heavy atom. The fraction of sp³-hybridized carbons (Fsp3) is 0.206. The molecule has 2 amide bonds. The molecule has 210 valence electrons. The van der Waals surface area contributed by atoms with Gasteiger partial charge in [-0.3, -0.25) is 19.4 Å². The Morgan fingerprint density at radius 1 is 0.756 bits per heavy atom. The molecule has 0 aliphatic heterocycles. The second-order valence-electron chi connectivity index (χ2n) is 9.81. The van der Waals surface area contributed by atoms with Gasteiger partial charge >= 0.3 is 5.97 Å². The SMILES string of the molecule is CC(=O)OOc1cccc(CCCN(CCC(c2ccccc2)c2ccccc2)C(=O)c2ccc(C(N)=O)cc2)c1. The van der Waals surface area contributed by atoms with Crippen molar-refractivity contribution < 1.29 is 24.2 Å². The average molecular weight is 551 g/mol. The quantitative estimate of drug-likeness (QED) is 0.164. The normalized spacial score (nSPS) is 10.7. The molecule has 0 saturated carbocycles. The van der Waals surface area contributed by atoms with Gasteiger partial charge in [-0.2, -0.15) is 0 Å². The van der Waals surface area contributed by atoms with Gasteiger partial charge in [0.25, 0.3) is 5.91 Å². The molecule has 7 heteroatoms. The molecular formula is C34H34N2O5. The highest BCUT2D eigenvalue weighted by Gasteiger charge is 2.20. The predicted octanol–water partition coefficient (Wildman–Crippen LogP) is 5.94. The van der Waals surface area contributed by atoms with Crippen LogP contribution in [0.25, 0.3) is 0 Å². The first-order valence-corrected chi connectivity index (χ1v) is 13.6. The Morgan fingerprint density at radius 3 is 1.95 bits per heavy atom. The maximum atomic E-state index is 13.7. The van der Waals surface area contributed by atoms with E-state index in [1.54, 1.807) is 30.3 Å². The smallest absolute Gasteiger partial charge is 0.352 e. The van der Waals surface area contributed by atoms with Crippen LogP contribution in [0.1, 0.15) is 63.1 Å². The van der Waals surface area contributed by atoms with E-state index in [-0.39, 0.29) is 11.8 Å². The van der Waals surface area contributed by atoms with Gasteiger partial charge in [-0.25, -0.2) is 4.79 Å². The number of primary amides is 1. The fourth-order valence-electron chi connectivity index (χ4n) is 4.79. The third kappa shape index (κ3) is 8.54. The van der Waals surface area contributed by atoms with Crippen molar-refractivity contribution in [2.75, 3.05) is 13.1 Å². The van der Waals surface area contributed by atoms with Crippen molar-refractivity contribution in [1.82, 2.24) is 4.90 Å². The predicted molar refractivity (Wildman–Crippen MR) is 157 cm³/mol. The maximum Gasteiger partial charge on any atom is 0.352 e. The van der Waals surface area contributed by atoms with Crippen LogP contribution in [0.5, 0.6) is 5.75 Å². The summed E-state index contributed by atoms with van der Waals surface area (Å²) >= 11 is 0. The van der Waals surface area contributed by atoms with Crippen LogP contribution in [0.3, 0.4) is 0 Å². The number of amides is 2. The van der Waals surface area contributed by atoms with E-state index in [9.17, 15) is 14.4 Å². The van der Waals surface area contributed by atoms with E-state index >= 15 is 0 Å². The Balaban J connectivity index is 1.51. The maximum absolute atomic E-state index is 13.7. The van der Waals surface area contributed by atoms with Crippen LogP contribution < -0.4 is 10.6 Å². The molecule has 0 heterocycles. The van der Waals surface area contributed by atoms with Gasteiger partial charge in [-0.15, -0.1) is 0 Å². The van der Waals surface area contributed by atoms with Crippen molar-refractivity contribution in [1.29, 1.82) is 0 Å². The third-order valence-corrected chi connectivity index (χ3v) is 6.84. The van der Waals surface area contributed by atoms with Gasteiger partial charge in [0.1, 0.15) is 0 Å². The lowest BCUT2D eigenvalue weighted by molar-refractivity contribution is -0.210. The molecule has 4 aromatic carbocycles. The van der Waals surface area contributed by atoms with Gasteiger partial charge in [0, 0.05) is 37.1 Å². The number of hydrogen-bond acceptors (Lipinski definition) is 5. The van der Waals surface area contributed by atoms with Crippen LogP contribution >= 0.6 is 0 Å². The van der Waals surface area contributed by atoms with Gasteiger partial charge in [0.2, 0.25) is 5.91 Å². The Labute approximate surface area is 240 Å². The molecule has 0 fully saturated rings. The lowest BCUT2D eigenvalue weighted by atomic mass is 9.88. The van der Waals surface area contributed by atoms with Gasteiger partial charge in [0.05, 0.1) is 0 Å². The van der Waals surface area contributed by atoms with Crippen molar-refractivity contribution >= 4 is 17.8 Å². The Hall–Kier alpha value is -4.91. The monoisotopic (exact) mass is 550 g/mol. The summed E-state index contributed by atoms with van der Waals surface area (Å²) in [4.78, 5) is 47.9. The number of carbonyl (C=O) groups is 3. The highest BCUT2D eigenvalue weighted by molar-refractivity contribution is 5.97. The lowest BCUT2D eigenvalue weighted by Crippen LogP contribution is -2.34. The van der Waals surface area contributed by atoms with Gasteiger partial charge < -0.3 is 10.6 Å². The lowest BCUT2D eigenvalue weighted by Gasteiger charge is -2.26. The van der Waals surface area contributed by atoms with E-state index in [0.717, 1.165) is 12.0 Å². The molecule has 0 bridgehead atoms. The van der Waals surface area contributed by atoms with Crippen molar-refractivity contribution in [2.24, 2.45) is 5.73 Å². The van der Waals surface area contributed by atoms with Gasteiger partial charge in [-0.05, 0) is 72.4 Å². The van der Waals surface area contributed by atoms with E-state index in [1.165, 1.54) is 18.1 Å². The molecule has 0 radical (unpaired) electrons. The van der Waals surface area contributed by atoms with Gasteiger partial charge in [0.15, 0.2) is 5.75 Å². The van der Waals surface area contributed by atoms with Crippen LogP contribution in [0, 0.1) is 0 Å². The zero-order valence-electron chi connectivity index (χ0n) is 23.1. The summed E-state index contributed by atoms with van der Waals surface area (Å²) in [6.07, 6.45) is 2.15. The number of hydrogen-bond donors (Lipinski definition) is 1. The molecule has 4 rings (SSSR count). The molecule has 0 spiro atoms. The van der Waals surface area contributed by atoms with Crippen LogP contribution in [0.2, 0.25) is 0 Å². The van der Waals surface area contributed by atoms with Gasteiger partial charge in [-0.1, -0.05) is 72.8 Å². The summed E-state index contributed by atoms with van der Waals surface area (Å²) < 4.78 is 0. The first kappa shape index (κ1) is 29.1. The molecule has 7 nitrogen and oxygen atoms in total. The second-order valence-corrected chi connectivity index (χ2v) is 9.81. The summed E-state index contributed by atoms with van der Waals surface area (Å²) in [5.41, 5.74) is 9.64. The van der Waals surface area contributed by atoms with Crippen molar-refractivity contribution in [3.8, 4) is 5.75 Å². The highest BCUT2D eigenvalue weighted by atomic mass is 17.2. The topological polar surface area (TPSA) is 98.9 Å². The number of carbonyl (C=O) groups excluding carboxylic acids is 3. The number of nitrogens with two attached hydrogens (primary N) is 1. The van der Waals surface area contributed by atoms with E-state index in [4.69, 9.17) is 10.6 Å². The van der Waals surface area contributed by atoms with Crippen molar-refractivity contribution in [3.05, 3.63) is 137 Å². The van der Waals surface area contributed by atoms with Crippen LogP contribution in [-0.2, 0) is 16.1 Å². The summed E-state index contributed by atoms with van der Waals surface area (Å²) in [7, 11) is 0. The minimum atomic E-state index is -0.533. The minimum absolute atomic E-state index is 0.104. The summed E-state index contributed by atoms with van der Waals surface area (Å²) in [6, 6.07) is 34.4. The Kier molecular flexibility index (Phi) is 10.3. The first-order chi connectivity index (χ1) is 19.9. The zero-order valence-corrected chi connectivity index (χ0v) is 23.1. The largest absolute Gasteiger partial charge is 0.366 e. The molecule has 0 atom stereocenters. The van der Waals surface area contributed by atoms with Crippen LogP contribution in [0.4, 0.5) is 0 Å². The molecule has 0 unspecified atom stereocenters. The number of rotatable bonds is 13. The average Bonchev–Trinajstić information content (AvgIpc) is 3.00. The third-order valence-electron chi connectivity index (χ3n) is 6.84. The first-order valence-electron chi connectivity index (χ1n) is 13.6. The van der Waals surface area contributed by atoms with Crippen LogP contribution in [-0.4, -0.2) is 35.8 Å². The minimum Gasteiger partial charge on any atom is -0.366 e. The zero-order chi connectivity index (χ0) is 29.0. The molecular weight excluding hydrogens is 516 g/mol. The molecule has 2 N–H and O–H groups in total. The molecule has 0 aromatic heterocycles. The molecule has 0 aliphatic rings. The number of nitrogens with zero attached hydrogens (tertiary/aromatic N) is 1. The van der Waals surface area contributed by atoms with E-state index in [1.807, 2.05) is 59.5 Å². The number of aryl methyl sites for hydroxylation is 1.